The van der Waals surface area contributed by atoms with Crippen LogP contribution in [0.25, 0.3) is 0 Å². The van der Waals surface area contributed by atoms with Gasteiger partial charge in [-0.15, -0.1) is 0 Å². The van der Waals surface area contributed by atoms with Crippen LogP contribution in [-0.2, 0) is 4.74 Å². The maximum Gasteiger partial charge on any atom is 0.193 e. The molecule has 2 rings (SSSR count). The van der Waals surface area contributed by atoms with Crippen molar-refractivity contribution in [2.75, 3.05) is 53.5 Å². The molecule has 1 aliphatic carbocycles. The fourth-order valence-corrected chi connectivity index (χ4v) is 2.97. The summed E-state index contributed by atoms with van der Waals surface area (Å²) in [7, 11) is 3.87. The third kappa shape index (κ3) is 6.36. The zero-order valence-corrected chi connectivity index (χ0v) is 16.2. The van der Waals surface area contributed by atoms with Crippen molar-refractivity contribution < 1.29 is 9.15 Å². The predicted molar refractivity (Wildman–Crippen MR) is 102 cm³/mol. The Balaban J connectivity index is 1.83. The van der Waals surface area contributed by atoms with Crippen molar-refractivity contribution in [2.45, 2.75) is 32.7 Å². The van der Waals surface area contributed by atoms with Crippen molar-refractivity contribution in [3.63, 3.8) is 0 Å². The van der Waals surface area contributed by atoms with Gasteiger partial charge in [0, 0.05) is 33.8 Å². The van der Waals surface area contributed by atoms with E-state index < -0.39 is 0 Å². The number of furan rings is 1. The summed E-state index contributed by atoms with van der Waals surface area (Å²) in [5, 5.41) is 3.49. The standard InChI is InChI=1S/C19H34N4O2/c1-5-23(6-2)17(18-8-7-12-25-18)14-21-19(20-3)22(4)11-13-24-15-16-9-10-16/h7-8,12,16-17H,5-6,9-11,13-15H2,1-4H3,(H,20,21). The van der Waals surface area contributed by atoms with Crippen LogP contribution >= 0.6 is 0 Å². The molecule has 1 heterocycles. The Morgan fingerprint density at radius 3 is 2.72 bits per heavy atom. The molecule has 1 saturated carbocycles. The van der Waals surface area contributed by atoms with Crippen molar-refractivity contribution in [3.8, 4) is 0 Å². The SMILES string of the molecule is CCN(CC)C(CNC(=NC)N(C)CCOCC1CC1)c1ccco1. The van der Waals surface area contributed by atoms with Crippen LogP contribution in [-0.4, -0.2) is 69.2 Å². The van der Waals surface area contributed by atoms with E-state index in [0.717, 1.165) is 57.0 Å². The first-order chi connectivity index (χ1) is 12.2. The van der Waals surface area contributed by atoms with Crippen LogP contribution in [0, 0.1) is 5.92 Å². The second-order valence-electron chi connectivity index (χ2n) is 6.62. The normalized spacial score (nSPS) is 16.3. The van der Waals surface area contributed by atoms with Crippen molar-refractivity contribution in [2.24, 2.45) is 10.9 Å². The molecule has 1 aromatic heterocycles. The summed E-state index contributed by atoms with van der Waals surface area (Å²) in [4.78, 5) is 8.91. The van der Waals surface area contributed by atoms with Gasteiger partial charge < -0.3 is 19.4 Å². The molecule has 6 heteroatoms. The summed E-state index contributed by atoms with van der Waals surface area (Å²) in [6.07, 6.45) is 4.40. The zero-order valence-electron chi connectivity index (χ0n) is 16.2. The second kappa shape index (κ2) is 10.5. The van der Waals surface area contributed by atoms with Gasteiger partial charge in [0.05, 0.1) is 18.9 Å². The maximum atomic E-state index is 5.73. The van der Waals surface area contributed by atoms with E-state index in [9.17, 15) is 0 Å². The predicted octanol–water partition coefficient (Wildman–Crippen LogP) is 2.60. The minimum Gasteiger partial charge on any atom is -0.468 e. The quantitative estimate of drug-likeness (QED) is 0.378. The van der Waals surface area contributed by atoms with Crippen LogP contribution in [0.4, 0.5) is 0 Å². The molecular formula is C19H34N4O2. The molecule has 25 heavy (non-hydrogen) atoms. The van der Waals surface area contributed by atoms with Gasteiger partial charge in [-0.05, 0) is 44.0 Å². The van der Waals surface area contributed by atoms with Crippen LogP contribution in [0.3, 0.4) is 0 Å². The summed E-state index contributed by atoms with van der Waals surface area (Å²) in [6.45, 7) is 9.56. The van der Waals surface area contributed by atoms with Crippen LogP contribution in [0.5, 0.6) is 0 Å². The van der Waals surface area contributed by atoms with Gasteiger partial charge in [0.2, 0.25) is 0 Å². The number of rotatable bonds is 11. The van der Waals surface area contributed by atoms with Crippen LogP contribution in [0.1, 0.15) is 38.5 Å². The maximum absolute atomic E-state index is 5.73. The van der Waals surface area contributed by atoms with Gasteiger partial charge in [0.25, 0.3) is 0 Å². The van der Waals surface area contributed by atoms with E-state index >= 15 is 0 Å². The first-order valence-corrected chi connectivity index (χ1v) is 9.46. The van der Waals surface area contributed by atoms with E-state index in [1.165, 1.54) is 12.8 Å². The number of nitrogens with zero attached hydrogens (tertiary/aromatic N) is 3. The third-order valence-corrected chi connectivity index (χ3v) is 4.77. The highest BCUT2D eigenvalue weighted by Crippen LogP contribution is 2.28. The van der Waals surface area contributed by atoms with Gasteiger partial charge >= 0.3 is 0 Å². The lowest BCUT2D eigenvalue weighted by Gasteiger charge is -2.30. The average Bonchev–Trinajstić information content (AvgIpc) is 3.29. The van der Waals surface area contributed by atoms with Gasteiger partial charge in [-0.2, -0.15) is 0 Å². The molecule has 1 aromatic rings. The van der Waals surface area contributed by atoms with Gasteiger partial charge in [-0.3, -0.25) is 9.89 Å². The molecular weight excluding hydrogens is 316 g/mol. The molecule has 1 atom stereocenters. The molecule has 0 spiro atoms. The minimum atomic E-state index is 0.196. The van der Waals surface area contributed by atoms with Gasteiger partial charge in [-0.1, -0.05) is 13.8 Å². The first-order valence-electron chi connectivity index (χ1n) is 9.46. The van der Waals surface area contributed by atoms with E-state index in [1.54, 1.807) is 6.26 Å². The summed E-state index contributed by atoms with van der Waals surface area (Å²) in [6, 6.07) is 4.19. The van der Waals surface area contributed by atoms with Crippen LogP contribution in [0.2, 0.25) is 0 Å². The number of likely N-dealkylation sites (N-methyl/N-ethyl adjacent to an activating group) is 2. The number of aliphatic imine (C=N–C) groups is 1. The van der Waals surface area contributed by atoms with E-state index in [4.69, 9.17) is 9.15 Å². The topological polar surface area (TPSA) is 53.2 Å². The molecule has 1 unspecified atom stereocenters. The molecule has 0 saturated heterocycles. The molecule has 6 nitrogen and oxygen atoms in total. The Labute approximate surface area is 152 Å². The summed E-state index contributed by atoms with van der Waals surface area (Å²) in [5.74, 6) is 2.69. The van der Waals surface area contributed by atoms with Crippen LogP contribution in [0.15, 0.2) is 27.8 Å². The van der Waals surface area contributed by atoms with Gasteiger partial charge in [0.15, 0.2) is 5.96 Å². The lowest BCUT2D eigenvalue weighted by atomic mass is 10.2. The summed E-state index contributed by atoms with van der Waals surface area (Å²) >= 11 is 0. The molecule has 0 radical (unpaired) electrons. The second-order valence-corrected chi connectivity index (χ2v) is 6.62. The molecule has 1 aliphatic rings. The monoisotopic (exact) mass is 350 g/mol. The lowest BCUT2D eigenvalue weighted by Crippen LogP contribution is -2.44. The van der Waals surface area contributed by atoms with E-state index in [1.807, 2.05) is 19.2 Å². The smallest absolute Gasteiger partial charge is 0.193 e. The molecule has 0 aliphatic heterocycles. The van der Waals surface area contributed by atoms with Crippen molar-refractivity contribution in [3.05, 3.63) is 24.2 Å². The Bertz CT molecular complexity index is 496. The Morgan fingerprint density at radius 1 is 1.40 bits per heavy atom. The third-order valence-electron chi connectivity index (χ3n) is 4.77. The number of hydrogen-bond donors (Lipinski definition) is 1. The molecule has 1 N–H and O–H groups in total. The number of ether oxygens (including phenoxy) is 1. The lowest BCUT2D eigenvalue weighted by molar-refractivity contribution is 0.115. The molecule has 142 valence electrons. The highest BCUT2D eigenvalue weighted by molar-refractivity contribution is 5.79. The first kappa shape index (κ1) is 19.8. The molecule has 0 bridgehead atoms. The molecule has 0 amide bonds. The Morgan fingerprint density at radius 2 is 2.16 bits per heavy atom. The van der Waals surface area contributed by atoms with Gasteiger partial charge in [0.1, 0.15) is 5.76 Å². The number of guanidine groups is 1. The minimum absolute atomic E-state index is 0.196. The van der Waals surface area contributed by atoms with Crippen LogP contribution < -0.4 is 5.32 Å². The Kier molecular flexibility index (Phi) is 8.28. The molecule has 0 aromatic carbocycles. The van der Waals surface area contributed by atoms with Crippen molar-refractivity contribution >= 4 is 5.96 Å². The highest BCUT2D eigenvalue weighted by Gasteiger charge is 2.22. The molecule has 1 fully saturated rings. The number of hydrogen-bond acceptors (Lipinski definition) is 4. The largest absolute Gasteiger partial charge is 0.468 e. The highest BCUT2D eigenvalue weighted by atomic mass is 16.5. The van der Waals surface area contributed by atoms with Gasteiger partial charge in [-0.25, -0.2) is 0 Å². The number of nitrogens with one attached hydrogen (secondary N) is 1. The Hall–Kier alpha value is -1.53. The average molecular weight is 351 g/mol. The summed E-state index contributed by atoms with van der Waals surface area (Å²) in [5.41, 5.74) is 0. The zero-order chi connectivity index (χ0) is 18.1. The van der Waals surface area contributed by atoms with E-state index in [2.05, 4.69) is 41.0 Å². The fraction of sp³-hybridized carbons (Fsp3) is 0.737. The van der Waals surface area contributed by atoms with Crippen molar-refractivity contribution in [1.82, 2.24) is 15.1 Å². The van der Waals surface area contributed by atoms with E-state index in [-0.39, 0.29) is 6.04 Å². The van der Waals surface area contributed by atoms with Crippen molar-refractivity contribution in [1.29, 1.82) is 0 Å². The fourth-order valence-electron chi connectivity index (χ4n) is 2.97. The summed E-state index contributed by atoms with van der Waals surface area (Å²) < 4.78 is 11.4. The van der Waals surface area contributed by atoms with E-state index in [0.29, 0.717) is 0 Å².